The maximum Gasteiger partial charge on any atom is 0.328 e. The number of aliphatic hydroxyl groups excluding tert-OH is 3. The number of rotatable bonds is 10. The molecule has 0 bridgehead atoms. The number of hydrogen-bond donors (Lipinski definition) is 5. The average Bonchev–Trinajstić information content (AvgIpc) is 2.72. The van der Waals surface area contributed by atoms with Crippen molar-refractivity contribution < 1.29 is 34.4 Å². The SMILES string of the molecule is Cc1cc(C)c(C=C[C@H](O)C[C@@H](O)CC(=O)N[C@@H](CO)C(=O)O)c(-c2ccc(F)c(C)c2)c1. The second-order valence-electron chi connectivity index (χ2n) is 8.17. The van der Waals surface area contributed by atoms with Crippen LogP contribution >= 0.6 is 0 Å². The lowest BCUT2D eigenvalue weighted by molar-refractivity contribution is -0.143. The van der Waals surface area contributed by atoms with Gasteiger partial charge in [0.05, 0.1) is 25.2 Å². The van der Waals surface area contributed by atoms with Crippen LogP contribution in [-0.4, -0.2) is 57.2 Å². The Kier molecular flexibility index (Phi) is 9.28. The molecule has 0 fully saturated rings. The van der Waals surface area contributed by atoms with E-state index in [0.29, 0.717) is 5.56 Å². The zero-order valence-electron chi connectivity index (χ0n) is 18.9. The highest BCUT2D eigenvalue weighted by Crippen LogP contribution is 2.30. The molecular weight excluding hydrogens is 429 g/mol. The van der Waals surface area contributed by atoms with Gasteiger partial charge in [0.1, 0.15) is 11.9 Å². The van der Waals surface area contributed by atoms with Gasteiger partial charge in [-0.2, -0.15) is 0 Å². The second kappa shape index (κ2) is 11.7. The molecule has 0 aromatic heterocycles. The Morgan fingerprint density at radius 2 is 1.79 bits per heavy atom. The summed E-state index contributed by atoms with van der Waals surface area (Å²) < 4.78 is 13.7. The number of amides is 1. The van der Waals surface area contributed by atoms with Crippen molar-refractivity contribution >= 4 is 18.0 Å². The lowest BCUT2D eigenvalue weighted by atomic mass is 9.92. The van der Waals surface area contributed by atoms with E-state index in [4.69, 9.17) is 10.2 Å². The molecule has 2 aromatic rings. The van der Waals surface area contributed by atoms with Crippen LogP contribution in [0.5, 0.6) is 0 Å². The zero-order chi connectivity index (χ0) is 24.7. The van der Waals surface area contributed by atoms with Gasteiger partial charge in [0.25, 0.3) is 0 Å². The Hall–Kier alpha value is -3.07. The van der Waals surface area contributed by atoms with Crippen LogP contribution in [0, 0.1) is 26.6 Å². The summed E-state index contributed by atoms with van der Waals surface area (Å²) in [5.74, 6) is -2.42. The summed E-state index contributed by atoms with van der Waals surface area (Å²) in [7, 11) is 0. The molecular formula is C25H30FNO6. The van der Waals surface area contributed by atoms with Crippen molar-refractivity contribution in [1.29, 1.82) is 0 Å². The van der Waals surface area contributed by atoms with Crippen molar-refractivity contribution in [2.75, 3.05) is 6.61 Å². The molecule has 33 heavy (non-hydrogen) atoms. The minimum atomic E-state index is -1.45. The maximum atomic E-state index is 13.7. The number of carbonyl (C=O) groups is 2. The lowest BCUT2D eigenvalue weighted by Gasteiger charge is -2.16. The zero-order valence-corrected chi connectivity index (χ0v) is 18.9. The van der Waals surface area contributed by atoms with Crippen LogP contribution < -0.4 is 5.32 Å². The summed E-state index contributed by atoms with van der Waals surface area (Å²) in [6.45, 7) is 4.81. The number of nitrogens with one attached hydrogen (secondary N) is 1. The number of carbonyl (C=O) groups excluding carboxylic acids is 1. The molecule has 8 heteroatoms. The van der Waals surface area contributed by atoms with E-state index in [1.807, 2.05) is 26.0 Å². The summed E-state index contributed by atoms with van der Waals surface area (Å²) in [5.41, 5.74) is 5.07. The van der Waals surface area contributed by atoms with Crippen LogP contribution in [0.4, 0.5) is 4.39 Å². The summed E-state index contributed by atoms with van der Waals surface area (Å²) in [5, 5.41) is 40.3. The van der Waals surface area contributed by atoms with Crippen LogP contribution in [0.15, 0.2) is 36.4 Å². The fourth-order valence-corrected chi connectivity index (χ4v) is 3.55. The van der Waals surface area contributed by atoms with Crippen molar-refractivity contribution in [2.24, 2.45) is 0 Å². The molecule has 0 radical (unpaired) electrons. The van der Waals surface area contributed by atoms with Crippen molar-refractivity contribution in [2.45, 2.75) is 51.9 Å². The van der Waals surface area contributed by atoms with Gasteiger partial charge in [-0.3, -0.25) is 4.79 Å². The third kappa shape index (κ3) is 7.49. The van der Waals surface area contributed by atoms with Gasteiger partial charge >= 0.3 is 5.97 Å². The first-order chi connectivity index (χ1) is 15.5. The molecule has 0 unspecified atom stereocenters. The molecule has 0 aliphatic carbocycles. The Morgan fingerprint density at radius 3 is 2.39 bits per heavy atom. The molecule has 0 aliphatic heterocycles. The topological polar surface area (TPSA) is 127 Å². The third-order valence-corrected chi connectivity index (χ3v) is 5.24. The quantitative estimate of drug-likeness (QED) is 0.372. The molecule has 178 valence electrons. The highest BCUT2D eigenvalue weighted by molar-refractivity contribution is 5.83. The van der Waals surface area contributed by atoms with E-state index in [1.165, 1.54) is 12.1 Å². The fourth-order valence-electron chi connectivity index (χ4n) is 3.55. The van der Waals surface area contributed by atoms with Crippen LogP contribution in [-0.2, 0) is 9.59 Å². The number of aliphatic carboxylic acids is 1. The Balaban J connectivity index is 2.13. The minimum absolute atomic E-state index is 0.142. The number of aliphatic hydroxyl groups is 3. The van der Waals surface area contributed by atoms with E-state index in [0.717, 1.165) is 27.8 Å². The van der Waals surface area contributed by atoms with Gasteiger partial charge in [0, 0.05) is 6.42 Å². The van der Waals surface area contributed by atoms with Gasteiger partial charge in [-0.15, -0.1) is 0 Å². The van der Waals surface area contributed by atoms with E-state index < -0.39 is 43.2 Å². The molecule has 0 spiro atoms. The van der Waals surface area contributed by atoms with Gasteiger partial charge in [0.2, 0.25) is 5.91 Å². The molecule has 2 aromatic carbocycles. The Labute approximate surface area is 192 Å². The van der Waals surface area contributed by atoms with E-state index in [1.54, 1.807) is 25.1 Å². The molecule has 7 nitrogen and oxygen atoms in total. The number of halogens is 1. The first-order valence-electron chi connectivity index (χ1n) is 10.6. The predicted octanol–water partition coefficient (Wildman–Crippen LogP) is 2.49. The van der Waals surface area contributed by atoms with E-state index in [2.05, 4.69) is 5.32 Å². The largest absolute Gasteiger partial charge is 0.480 e. The molecule has 0 saturated heterocycles. The van der Waals surface area contributed by atoms with Crippen LogP contribution in [0.1, 0.15) is 35.1 Å². The van der Waals surface area contributed by atoms with Gasteiger partial charge in [0.15, 0.2) is 0 Å². The van der Waals surface area contributed by atoms with Crippen molar-refractivity contribution in [3.63, 3.8) is 0 Å². The Morgan fingerprint density at radius 1 is 1.09 bits per heavy atom. The first kappa shape index (κ1) is 26.2. The standard InChI is InChI=1S/C25H30FNO6/c1-14-8-15(2)20(21(9-14)17-4-7-22(26)16(3)10-17)6-5-18(29)11-19(30)12-24(31)27-23(13-28)25(32)33/h4-10,18-19,23,28-30H,11-13H2,1-3H3,(H,27,31)(H,32,33)/t18-,19+,23-/m0/s1. The first-order valence-corrected chi connectivity index (χ1v) is 10.6. The molecule has 1 amide bonds. The van der Waals surface area contributed by atoms with Gasteiger partial charge in [-0.05, 0) is 60.7 Å². The summed E-state index contributed by atoms with van der Waals surface area (Å²) >= 11 is 0. The van der Waals surface area contributed by atoms with Gasteiger partial charge in [-0.25, -0.2) is 9.18 Å². The number of carboxylic acids is 1. The van der Waals surface area contributed by atoms with E-state index in [9.17, 15) is 24.2 Å². The number of hydrogen-bond acceptors (Lipinski definition) is 5. The summed E-state index contributed by atoms with van der Waals surface area (Å²) in [6.07, 6.45) is 0.397. The summed E-state index contributed by atoms with van der Waals surface area (Å²) in [4.78, 5) is 22.7. The van der Waals surface area contributed by atoms with E-state index >= 15 is 0 Å². The van der Waals surface area contributed by atoms with Crippen LogP contribution in [0.25, 0.3) is 17.2 Å². The number of carboxylic acid groups (broad SMARTS) is 1. The second-order valence-corrected chi connectivity index (χ2v) is 8.17. The monoisotopic (exact) mass is 459 g/mol. The molecule has 0 aliphatic rings. The highest BCUT2D eigenvalue weighted by Gasteiger charge is 2.21. The van der Waals surface area contributed by atoms with Crippen LogP contribution in [0.2, 0.25) is 0 Å². The van der Waals surface area contributed by atoms with Crippen molar-refractivity contribution in [1.82, 2.24) is 5.32 Å². The molecule has 0 heterocycles. The average molecular weight is 460 g/mol. The molecule has 3 atom stereocenters. The lowest BCUT2D eigenvalue weighted by Crippen LogP contribution is -2.44. The van der Waals surface area contributed by atoms with Crippen molar-refractivity contribution in [3.05, 3.63) is 64.5 Å². The maximum absolute atomic E-state index is 13.7. The van der Waals surface area contributed by atoms with Crippen LogP contribution in [0.3, 0.4) is 0 Å². The van der Waals surface area contributed by atoms with Gasteiger partial charge in [-0.1, -0.05) is 35.9 Å². The van der Waals surface area contributed by atoms with E-state index in [-0.39, 0.29) is 12.2 Å². The molecule has 0 saturated carbocycles. The molecule has 2 rings (SSSR count). The molecule has 5 N–H and O–H groups in total. The van der Waals surface area contributed by atoms with Crippen molar-refractivity contribution in [3.8, 4) is 11.1 Å². The highest BCUT2D eigenvalue weighted by atomic mass is 19.1. The number of aryl methyl sites for hydroxylation is 3. The normalized spacial score (nSPS) is 14.2. The Bertz CT molecular complexity index is 1040. The fraction of sp³-hybridized carbons (Fsp3) is 0.360. The predicted molar refractivity (Wildman–Crippen MR) is 123 cm³/mol. The summed E-state index contributed by atoms with van der Waals surface area (Å²) in [6, 6.07) is 7.39. The smallest absolute Gasteiger partial charge is 0.328 e. The minimum Gasteiger partial charge on any atom is -0.480 e. The van der Waals surface area contributed by atoms with Gasteiger partial charge < -0.3 is 25.7 Å². The number of benzene rings is 2. The third-order valence-electron chi connectivity index (χ3n) is 5.24.